The van der Waals surface area contributed by atoms with Gasteiger partial charge in [0, 0.05) is 30.5 Å². The van der Waals surface area contributed by atoms with Crippen LogP contribution in [0, 0.1) is 5.82 Å². The molecule has 2 N–H and O–H groups in total. The Labute approximate surface area is 138 Å². The zero-order valence-electron chi connectivity index (χ0n) is 12.7. The molecule has 0 atom stereocenters. The van der Waals surface area contributed by atoms with Gasteiger partial charge in [-0.05, 0) is 42.0 Å². The fourth-order valence-electron chi connectivity index (χ4n) is 2.07. The fraction of sp³-hybridized carbons (Fsp3) is 0.294. The van der Waals surface area contributed by atoms with E-state index in [2.05, 4.69) is 10.6 Å². The first kappa shape index (κ1) is 17.1. The van der Waals surface area contributed by atoms with Crippen LogP contribution < -0.4 is 10.6 Å². The maximum absolute atomic E-state index is 13.0. The summed E-state index contributed by atoms with van der Waals surface area (Å²) in [5.74, 6) is -0.445. The molecule has 0 aliphatic rings. The molecule has 0 saturated carbocycles. The first-order valence-electron chi connectivity index (χ1n) is 7.46. The average molecular weight is 334 g/mol. The second-order valence-electron chi connectivity index (χ2n) is 5.10. The molecule has 1 aromatic carbocycles. The van der Waals surface area contributed by atoms with E-state index in [0.29, 0.717) is 37.9 Å². The van der Waals surface area contributed by atoms with Crippen molar-refractivity contribution < 1.29 is 14.0 Å². The second-order valence-corrected chi connectivity index (χ2v) is 5.88. The predicted molar refractivity (Wildman–Crippen MR) is 89.0 cm³/mol. The fourth-order valence-corrected chi connectivity index (χ4v) is 2.71. The summed E-state index contributed by atoms with van der Waals surface area (Å²) in [5, 5.41) is 9.20. The van der Waals surface area contributed by atoms with Gasteiger partial charge in [0.1, 0.15) is 5.82 Å². The minimum Gasteiger partial charge on any atom is -0.356 e. The van der Waals surface area contributed by atoms with Gasteiger partial charge < -0.3 is 10.6 Å². The van der Waals surface area contributed by atoms with Gasteiger partial charge in [-0.1, -0.05) is 12.1 Å². The summed E-state index contributed by atoms with van der Waals surface area (Å²) in [5.41, 5.74) is 1.50. The molecule has 1 aromatic heterocycles. The van der Waals surface area contributed by atoms with Crippen molar-refractivity contribution in [3.8, 4) is 0 Å². The topological polar surface area (TPSA) is 58.2 Å². The number of rotatable bonds is 8. The first-order chi connectivity index (χ1) is 11.1. The SMILES string of the molecule is O=C(CCCNC(=O)c1ccsc1)NCCc1cccc(F)c1. The van der Waals surface area contributed by atoms with Crippen LogP contribution in [0.4, 0.5) is 4.39 Å². The minimum atomic E-state index is -0.268. The Morgan fingerprint density at radius 1 is 1.13 bits per heavy atom. The lowest BCUT2D eigenvalue weighted by Gasteiger charge is -2.06. The molecule has 2 aromatic rings. The largest absolute Gasteiger partial charge is 0.356 e. The molecule has 4 nitrogen and oxygen atoms in total. The molecule has 0 saturated heterocycles. The van der Waals surface area contributed by atoms with Crippen molar-refractivity contribution in [2.24, 2.45) is 0 Å². The number of benzene rings is 1. The number of hydrogen-bond donors (Lipinski definition) is 2. The molecule has 122 valence electrons. The summed E-state index contributed by atoms with van der Waals surface area (Å²) in [4.78, 5) is 23.3. The zero-order valence-corrected chi connectivity index (χ0v) is 13.5. The van der Waals surface area contributed by atoms with E-state index in [9.17, 15) is 14.0 Å². The lowest BCUT2D eigenvalue weighted by Crippen LogP contribution is -2.28. The molecule has 0 spiro atoms. The lowest BCUT2D eigenvalue weighted by molar-refractivity contribution is -0.121. The second kappa shape index (κ2) is 9.05. The molecule has 23 heavy (non-hydrogen) atoms. The Hall–Kier alpha value is -2.21. The molecule has 2 rings (SSSR count). The van der Waals surface area contributed by atoms with Gasteiger partial charge in [-0.2, -0.15) is 11.3 Å². The third-order valence-corrected chi connectivity index (χ3v) is 3.96. The number of amides is 2. The molecule has 0 aliphatic carbocycles. The van der Waals surface area contributed by atoms with Gasteiger partial charge >= 0.3 is 0 Å². The summed E-state index contributed by atoms with van der Waals surface area (Å²) in [6.07, 6.45) is 1.53. The van der Waals surface area contributed by atoms with E-state index in [1.807, 2.05) is 11.4 Å². The monoisotopic (exact) mass is 334 g/mol. The molecule has 0 aliphatic heterocycles. The van der Waals surface area contributed by atoms with Crippen LogP contribution in [-0.2, 0) is 11.2 Å². The van der Waals surface area contributed by atoms with E-state index in [1.54, 1.807) is 17.5 Å². The van der Waals surface area contributed by atoms with Crippen molar-refractivity contribution in [3.05, 3.63) is 58.0 Å². The molecular weight excluding hydrogens is 315 g/mol. The van der Waals surface area contributed by atoms with Crippen LogP contribution in [0.3, 0.4) is 0 Å². The number of carbonyl (C=O) groups is 2. The number of carbonyl (C=O) groups excluding carboxylic acids is 2. The molecule has 6 heteroatoms. The summed E-state index contributed by atoms with van der Waals surface area (Å²) in [7, 11) is 0. The normalized spacial score (nSPS) is 10.3. The smallest absolute Gasteiger partial charge is 0.252 e. The van der Waals surface area contributed by atoms with Crippen LogP contribution >= 0.6 is 11.3 Å². The van der Waals surface area contributed by atoms with Crippen molar-refractivity contribution in [2.45, 2.75) is 19.3 Å². The van der Waals surface area contributed by atoms with Crippen LogP contribution in [0.25, 0.3) is 0 Å². The Balaban J connectivity index is 1.56. The van der Waals surface area contributed by atoms with Crippen molar-refractivity contribution >= 4 is 23.2 Å². The molecule has 1 heterocycles. The quantitative estimate of drug-likeness (QED) is 0.729. The van der Waals surface area contributed by atoms with Crippen LogP contribution in [0.15, 0.2) is 41.1 Å². The maximum atomic E-state index is 13.0. The summed E-state index contributed by atoms with van der Waals surface area (Å²) in [6, 6.07) is 8.11. The summed E-state index contributed by atoms with van der Waals surface area (Å²) in [6.45, 7) is 0.940. The highest BCUT2D eigenvalue weighted by Gasteiger charge is 2.05. The lowest BCUT2D eigenvalue weighted by atomic mass is 10.1. The number of nitrogens with one attached hydrogen (secondary N) is 2. The van der Waals surface area contributed by atoms with Crippen molar-refractivity contribution in [1.29, 1.82) is 0 Å². The molecular formula is C17H19FN2O2S. The van der Waals surface area contributed by atoms with Gasteiger partial charge in [-0.3, -0.25) is 9.59 Å². The number of hydrogen-bond acceptors (Lipinski definition) is 3. The van der Waals surface area contributed by atoms with Crippen molar-refractivity contribution in [1.82, 2.24) is 10.6 Å². The molecule has 0 fully saturated rings. The van der Waals surface area contributed by atoms with E-state index < -0.39 is 0 Å². The average Bonchev–Trinajstić information content (AvgIpc) is 3.06. The van der Waals surface area contributed by atoms with E-state index in [0.717, 1.165) is 5.56 Å². The molecule has 0 unspecified atom stereocenters. The summed E-state index contributed by atoms with van der Waals surface area (Å²) >= 11 is 1.47. The van der Waals surface area contributed by atoms with Gasteiger partial charge in [0.15, 0.2) is 0 Å². The van der Waals surface area contributed by atoms with Crippen LogP contribution in [-0.4, -0.2) is 24.9 Å². The Morgan fingerprint density at radius 3 is 2.74 bits per heavy atom. The highest BCUT2D eigenvalue weighted by Crippen LogP contribution is 2.05. The van der Waals surface area contributed by atoms with E-state index in [-0.39, 0.29) is 17.6 Å². The third-order valence-electron chi connectivity index (χ3n) is 3.27. The van der Waals surface area contributed by atoms with Crippen molar-refractivity contribution in [2.75, 3.05) is 13.1 Å². The van der Waals surface area contributed by atoms with Crippen molar-refractivity contribution in [3.63, 3.8) is 0 Å². The number of halogens is 1. The van der Waals surface area contributed by atoms with Crippen LogP contribution in [0.2, 0.25) is 0 Å². The van der Waals surface area contributed by atoms with Gasteiger partial charge in [0.2, 0.25) is 5.91 Å². The van der Waals surface area contributed by atoms with Gasteiger partial charge in [0.25, 0.3) is 5.91 Å². The molecule has 2 amide bonds. The Kier molecular flexibility index (Phi) is 6.75. The van der Waals surface area contributed by atoms with Crippen LogP contribution in [0.1, 0.15) is 28.8 Å². The Morgan fingerprint density at radius 2 is 2.00 bits per heavy atom. The maximum Gasteiger partial charge on any atom is 0.252 e. The highest BCUT2D eigenvalue weighted by atomic mass is 32.1. The van der Waals surface area contributed by atoms with E-state index >= 15 is 0 Å². The van der Waals surface area contributed by atoms with E-state index in [1.165, 1.54) is 23.5 Å². The predicted octanol–water partition coefficient (Wildman–Crippen LogP) is 2.76. The third kappa shape index (κ3) is 6.20. The zero-order chi connectivity index (χ0) is 16.5. The Bertz CT molecular complexity index is 644. The molecule has 0 bridgehead atoms. The molecule has 0 radical (unpaired) electrons. The number of thiophene rings is 1. The standard InChI is InChI=1S/C17H19FN2O2S/c18-15-4-1-3-13(11-15)6-9-19-16(21)5-2-8-20-17(22)14-7-10-23-12-14/h1,3-4,7,10-12H,2,5-6,8-9H2,(H,19,21)(H,20,22). The first-order valence-corrected chi connectivity index (χ1v) is 8.41. The highest BCUT2D eigenvalue weighted by molar-refractivity contribution is 7.08. The van der Waals surface area contributed by atoms with Gasteiger partial charge in [-0.15, -0.1) is 0 Å². The van der Waals surface area contributed by atoms with Gasteiger partial charge in [-0.25, -0.2) is 4.39 Å². The summed E-state index contributed by atoms with van der Waals surface area (Å²) < 4.78 is 13.0. The van der Waals surface area contributed by atoms with Crippen LogP contribution in [0.5, 0.6) is 0 Å². The minimum absolute atomic E-state index is 0.0637. The van der Waals surface area contributed by atoms with E-state index in [4.69, 9.17) is 0 Å². The van der Waals surface area contributed by atoms with Gasteiger partial charge in [0.05, 0.1) is 0 Å².